The Labute approximate surface area is 127 Å². The summed E-state index contributed by atoms with van der Waals surface area (Å²) in [5.41, 5.74) is 8.54. The molecular weight excluding hydrogens is 290 g/mol. The van der Waals surface area contributed by atoms with E-state index < -0.39 is 0 Å². The van der Waals surface area contributed by atoms with Crippen molar-refractivity contribution in [2.45, 2.75) is 0 Å². The molecule has 0 bridgehead atoms. The van der Waals surface area contributed by atoms with Gasteiger partial charge in [-0.25, -0.2) is 0 Å². The molecule has 0 unspecified atom stereocenters. The van der Waals surface area contributed by atoms with Gasteiger partial charge in [0.15, 0.2) is 5.11 Å². The zero-order valence-corrected chi connectivity index (χ0v) is 12.4. The molecule has 0 aliphatic rings. The summed E-state index contributed by atoms with van der Waals surface area (Å²) in [6, 6.07) is 9.10. The third-order valence-electron chi connectivity index (χ3n) is 2.67. The minimum absolute atomic E-state index is 0.0925. The third-order valence-corrected chi connectivity index (χ3v) is 2.76. The normalized spacial score (nSPS) is 10.6. The molecule has 1 aromatic carbocycles. The zero-order valence-electron chi connectivity index (χ0n) is 11.6. The van der Waals surface area contributed by atoms with Gasteiger partial charge in [0.25, 0.3) is 0 Å². The molecule has 1 aromatic heterocycles. The Balaban J connectivity index is 2.25. The molecule has 0 atom stereocenters. The standard InChI is InChI=1S/C14H15N3O3S/c1-18-9-3-5-11(13(7-9)19-2)12-6-4-10(20-12)8-16-17-14(15)21/h3-8H,1-2H3,(H3,15,17,21)/b16-8+. The van der Waals surface area contributed by atoms with Crippen LogP contribution in [-0.4, -0.2) is 25.5 Å². The average Bonchev–Trinajstić information content (AvgIpc) is 2.94. The van der Waals surface area contributed by atoms with E-state index >= 15 is 0 Å². The van der Waals surface area contributed by atoms with Crippen LogP contribution in [0.4, 0.5) is 0 Å². The maximum Gasteiger partial charge on any atom is 0.184 e. The molecule has 7 heteroatoms. The van der Waals surface area contributed by atoms with E-state index in [4.69, 9.17) is 19.6 Å². The Morgan fingerprint density at radius 2 is 2.10 bits per heavy atom. The zero-order chi connectivity index (χ0) is 15.2. The van der Waals surface area contributed by atoms with Crippen molar-refractivity contribution in [3.63, 3.8) is 0 Å². The van der Waals surface area contributed by atoms with Gasteiger partial charge in [-0.05, 0) is 36.5 Å². The fourth-order valence-corrected chi connectivity index (χ4v) is 1.78. The largest absolute Gasteiger partial charge is 0.497 e. The molecule has 3 N–H and O–H groups in total. The average molecular weight is 305 g/mol. The SMILES string of the molecule is COc1ccc(-c2ccc(/C=N/NC(N)=S)o2)c(OC)c1. The van der Waals surface area contributed by atoms with E-state index in [9.17, 15) is 0 Å². The van der Waals surface area contributed by atoms with Crippen molar-refractivity contribution in [1.82, 2.24) is 5.43 Å². The second-order valence-corrected chi connectivity index (χ2v) is 4.44. The molecule has 1 heterocycles. The number of rotatable bonds is 5. The highest BCUT2D eigenvalue weighted by atomic mass is 32.1. The van der Waals surface area contributed by atoms with Crippen molar-refractivity contribution < 1.29 is 13.9 Å². The summed E-state index contributed by atoms with van der Waals surface area (Å²) < 4.78 is 16.2. The monoisotopic (exact) mass is 305 g/mol. The number of hydrazone groups is 1. The van der Waals surface area contributed by atoms with Gasteiger partial charge in [-0.3, -0.25) is 5.43 Å². The summed E-state index contributed by atoms with van der Waals surface area (Å²) >= 11 is 4.64. The number of thiocarbonyl (C=S) groups is 1. The molecule has 2 rings (SSSR count). The van der Waals surface area contributed by atoms with Gasteiger partial charge in [-0.15, -0.1) is 0 Å². The summed E-state index contributed by atoms with van der Waals surface area (Å²) in [4.78, 5) is 0. The van der Waals surface area contributed by atoms with E-state index in [1.807, 2.05) is 18.2 Å². The smallest absolute Gasteiger partial charge is 0.184 e. The van der Waals surface area contributed by atoms with Crippen molar-refractivity contribution in [2.24, 2.45) is 10.8 Å². The molecule has 110 valence electrons. The van der Waals surface area contributed by atoms with Crippen molar-refractivity contribution >= 4 is 23.5 Å². The number of hydrogen-bond donors (Lipinski definition) is 2. The van der Waals surface area contributed by atoms with Gasteiger partial charge in [-0.1, -0.05) is 0 Å². The lowest BCUT2D eigenvalue weighted by atomic mass is 10.1. The molecule has 0 aliphatic carbocycles. The molecule has 21 heavy (non-hydrogen) atoms. The fraction of sp³-hybridized carbons (Fsp3) is 0.143. The van der Waals surface area contributed by atoms with Crippen LogP contribution >= 0.6 is 12.2 Å². The molecule has 0 fully saturated rings. The first-order chi connectivity index (χ1) is 10.1. The number of nitrogens with zero attached hydrogens (tertiary/aromatic N) is 1. The van der Waals surface area contributed by atoms with Gasteiger partial charge in [-0.2, -0.15) is 5.10 Å². The van der Waals surface area contributed by atoms with Gasteiger partial charge in [0.2, 0.25) is 0 Å². The topological polar surface area (TPSA) is 82.0 Å². The fourth-order valence-electron chi connectivity index (χ4n) is 1.73. The van der Waals surface area contributed by atoms with Crippen LogP contribution in [0, 0.1) is 0 Å². The molecule has 0 amide bonds. The summed E-state index contributed by atoms with van der Waals surface area (Å²) in [6.07, 6.45) is 1.48. The quantitative estimate of drug-likeness (QED) is 0.500. The van der Waals surface area contributed by atoms with Crippen LogP contribution in [0.5, 0.6) is 11.5 Å². The van der Waals surface area contributed by atoms with E-state index in [0.717, 1.165) is 5.56 Å². The van der Waals surface area contributed by atoms with Crippen molar-refractivity contribution in [3.8, 4) is 22.8 Å². The number of nitrogens with one attached hydrogen (secondary N) is 1. The number of methoxy groups -OCH3 is 2. The first-order valence-corrected chi connectivity index (χ1v) is 6.45. The number of benzene rings is 1. The van der Waals surface area contributed by atoms with Gasteiger partial charge < -0.3 is 19.6 Å². The molecule has 2 aromatic rings. The lowest BCUT2D eigenvalue weighted by molar-refractivity contribution is 0.394. The molecule has 0 spiro atoms. The van der Waals surface area contributed by atoms with Gasteiger partial charge >= 0.3 is 0 Å². The van der Waals surface area contributed by atoms with Crippen LogP contribution in [0.1, 0.15) is 5.76 Å². The highest BCUT2D eigenvalue weighted by Crippen LogP contribution is 2.33. The Hall–Kier alpha value is -2.54. The van der Waals surface area contributed by atoms with E-state index in [2.05, 4.69) is 22.7 Å². The van der Waals surface area contributed by atoms with E-state index in [1.54, 1.807) is 26.4 Å². The van der Waals surface area contributed by atoms with Crippen LogP contribution in [0.3, 0.4) is 0 Å². The highest BCUT2D eigenvalue weighted by Gasteiger charge is 2.11. The van der Waals surface area contributed by atoms with E-state index in [-0.39, 0.29) is 5.11 Å². The van der Waals surface area contributed by atoms with E-state index in [0.29, 0.717) is 23.0 Å². The van der Waals surface area contributed by atoms with Crippen molar-refractivity contribution in [3.05, 3.63) is 36.1 Å². The molecule has 0 aliphatic heterocycles. The third kappa shape index (κ3) is 3.73. The second kappa shape index (κ2) is 6.76. The van der Waals surface area contributed by atoms with Crippen molar-refractivity contribution in [1.29, 1.82) is 0 Å². The van der Waals surface area contributed by atoms with Crippen LogP contribution in [0.25, 0.3) is 11.3 Å². The molecular formula is C14H15N3O3S. The highest BCUT2D eigenvalue weighted by molar-refractivity contribution is 7.80. The number of nitrogens with two attached hydrogens (primary N) is 1. The predicted octanol–water partition coefficient (Wildman–Crippen LogP) is 2.13. The maximum atomic E-state index is 5.67. The lowest BCUT2D eigenvalue weighted by Gasteiger charge is -2.08. The summed E-state index contributed by atoms with van der Waals surface area (Å²) in [5.74, 6) is 2.59. The lowest BCUT2D eigenvalue weighted by Crippen LogP contribution is -2.23. The minimum Gasteiger partial charge on any atom is -0.497 e. The molecule has 0 saturated heterocycles. The number of hydrogen-bond acceptors (Lipinski definition) is 5. The van der Waals surface area contributed by atoms with Crippen LogP contribution in [0.2, 0.25) is 0 Å². The predicted molar refractivity (Wildman–Crippen MR) is 84.8 cm³/mol. The van der Waals surface area contributed by atoms with Gasteiger partial charge in [0.05, 0.1) is 26.0 Å². The molecule has 0 saturated carbocycles. The van der Waals surface area contributed by atoms with Crippen LogP contribution < -0.4 is 20.6 Å². The van der Waals surface area contributed by atoms with Crippen LogP contribution in [0.15, 0.2) is 39.9 Å². The first kappa shape index (κ1) is 14.9. The van der Waals surface area contributed by atoms with Gasteiger partial charge in [0, 0.05) is 6.07 Å². The summed E-state index contributed by atoms with van der Waals surface area (Å²) in [5, 5.41) is 3.92. The number of ether oxygens (including phenoxy) is 2. The minimum atomic E-state index is 0.0925. The van der Waals surface area contributed by atoms with Crippen molar-refractivity contribution in [2.75, 3.05) is 14.2 Å². The number of furan rings is 1. The molecule has 6 nitrogen and oxygen atoms in total. The summed E-state index contributed by atoms with van der Waals surface area (Å²) in [6.45, 7) is 0. The Bertz CT molecular complexity index is 667. The molecule has 0 radical (unpaired) electrons. The van der Waals surface area contributed by atoms with Crippen LogP contribution in [-0.2, 0) is 0 Å². The maximum absolute atomic E-state index is 5.67. The Morgan fingerprint density at radius 3 is 2.76 bits per heavy atom. The Kier molecular flexibility index (Phi) is 4.78. The Morgan fingerprint density at radius 1 is 1.29 bits per heavy atom. The second-order valence-electron chi connectivity index (χ2n) is 4.00. The van der Waals surface area contributed by atoms with E-state index in [1.165, 1.54) is 6.21 Å². The summed E-state index contributed by atoms with van der Waals surface area (Å²) in [7, 11) is 3.19. The van der Waals surface area contributed by atoms with Gasteiger partial charge in [0.1, 0.15) is 23.0 Å². The first-order valence-electron chi connectivity index (χ1n) is 6.04.